The summed E-state index contributed by atoms with van der Waals surface area (Å²) >= 11 is 2.12. The van der Waals surface area contributed by atoms with E-state index in [9.17, 15) is 0 Å². The van der Waals surface area contributed by atoms with Crippen LogP contribution in [0.4, 0.5) is 34.1 Å². The lowest BCUT2D eigenvalue weighted by Crippen LogP contribution is -2.61. The van der Waals surface area contributed by atoms with Gasteiger partial charge in [0.2, 0.25) is 0 Å². The van der Waals surface area contributed by atoms with Gasteiger partial charge in [0, 0.05) is 43.2 Å². The highest BCUT2D eigenvalue weighted by Crippen LogP contribution is 2.63. The van der Waals surface area contributed by atoms with Gasteiger partial charge in [-0.3, -0.25) is 0 Å². The van der Waals surface area contributed by atoms with Gasteiger partial charge in [0.1, 0.15) is 0 Å². The molecule has 5 aliphatic carbocycles. The Bertz CT molecular complexity index is 3770. The van der Waals surface area contributed by atoms with Crippen LogP contribution in [-0.4, -0.2) is 6.71 Å². The van der Waals surface area contributed by atoms with Gasteiger partial charge in [-0.15, -0.1) is 11.3 Å². The van der Waals surface area contributed by atoms with E-state index in [-0.39, 0.29) is 55.4 Å². The zero-order chi connectivity index (χ0) is 55.2. The number of thiophene rings is 1. The minimum atomic E-state index is -0.0284. The molecule has 0 amide bonds. The van der Waals surface area contributed by atoms with E-state index in [2.05, 4.69) is 237 Å². The van der Waals surface area contributed by atoms with Crippen molar-refractivity contribution < 1.29 is 0 Å². The zero-order valence-corrected chi connectivity index (χ0v) is 51.7. The van der Waals surface area contributed by atoms with Gasteiger partial charge in [0.25, 0.3) is 6.71 Å². The quantitative estimate of drug-likeness (QED) is 0.163. The number of rotatable bonds is 3. The average Bonchev–Trinajstić information content (AvgIpc) is 3.30. The molecular formula is C74H87BN2S. The minimum absolute atomic E-state index is 0.0284. The molecule has 2 aliphatic heterocycles. The van der Waals surface area contributed by atoms with Crippen LogP contribution >= 0.6 is 11.3 Å². The fourth-order valence-corrected chi connectivity index (χ4v) is 18.7. The first kappa shape index (κ1) is 51.1. The molecule has 14 rings (SSSR count). The molecule has 4 heteroatoms. The number of hydrogen-bond donors (Lipinski definition) is 0. The Balaban J connectivity index is 1.13. The van der Waals surface area contributed by atoms with Crippen molar-refractivity contribution in [2.24, 2.45) is 0 Å². The van der Waals surface area contributed by atoms with Crippen LogP contribution in [0.1, 0.15) is 231 Å². The van der Waals surface area contributed by atoms with Gasteiger partial charge in [0.15, 0.2) is 0 Å². The summed E-state index contributed by atoms with van der Waals surface area (Å²) in [6, 6.07) is 38.8. The van der Waals surface area contributed by atoms with E-state index >= 15 is 0 Å². The summed E-state index contributed by atoms with van der Waals surface area (Å²) in [5.41, 5.74) is 29.6. The van der Waals surface area contributed by atoms with Crippen molar-refractivity contribution in [1.82, 2.24) is 0 Å². The summed E-state index contributed by atoms with van der Waals surface area (Å²) in [6.45, 7) is 44.8. The second kappa shape index (κ2) is 15.7. The Kier molecular flexibility index (Phi) is 10.3. The van der Waals surface area contributed by atoms with Crippen molar-refractivity contribution in [3.05, 3.63) is 147 Å². The van der Waals surface area contributed by atoms with Gasteiger partial charge in [-0.2, -0.15) is 0 Å². The molecular weight excluding hydrogens is 960 g/mol. The lowest BCUT2D eigenvalue weighted by atomic mass is 9.35. The number of fused-ring (bicyclic) bond motifs is 14. The third-order valence-electron chi connectivity index (χ3n) is 22.6. The maximum absolute atomic E-state index is 2.82. The summed E-state index contributed by atoms with van der Waals surface area (Å²) in [7, 11) is 0. The molecule has 3 heterocycles. The molecule has 402 valence electrons. The van der Waals surface area contributed by atoms with Crippen LogP contribution in [-0.2, 0) is 48.7 Å². The molecule has 2 unspecified atom stereocenters. The van der Waals surface area contributed by atoms with Crippen LogP contribution in [0.25, 0.3) is 21.2 Å². The van der Waals surface area contributed by atoms with Gasteiger partial charge < -0.3 is 9.80 Å². The molecule has 6 aromatic carbocycles. The Hall–Kier alpha value is -5.06. The van der Waals surface area contributed by atoms with E-state index in [1.54, 1.807) is 16.7 Å². The van der Waals surface area contributed by atoms with Gasteiger partial charge >= 0.3 is 0 Å². The monoisotopic (exact) mass is 1050 g/mol. The molecule has 7 aliphatic rings. The van der Waals surface area contributed by atoms with E-state index in [1.807, 2.05) is 0 Å². The molecule has 2 atom stereocenters. The Morgan fingerprint density at radius 3 is 1.60 bits per heavy atom. The van der Waals surface area contributed by atoms with E-state index in [1.165, 1.54) is 161 Å². The van der Waals surface area contributed by atoms with E-state index in [0.29, 0.717) is 0 Å². The molecule has 0 radical (unpaired) electrons. The molecule has 78 heavy (non-hydrogen) atoms. The normalized spacial score (nSPS) is 24.7. The fourth-order valence-electron chi connectivity index (χ4n) is 17.4. The Morgan fingerprint density at radius 1 is 0.462 bits per heavy atom. The summed E-state index contributed by atoms with van der Waals surface area (Å²) in [5.74, 6) is 0. The van der Waals surface area contributed by atoms with Gasteiger partial charge in [-0.05, 0) is 234 Å². The van der Waals surface area contributed by atoms with Crippen molar-refractivity contribution >= 4 is 78.0 Å². The second-order valence-corrected chi connectivity index (χ2v) is 33.1. The number of benzene rings is 6. The SMILES string of the molecule is Cc1cc2c3c(c1)N(c1ccc4c(c1)C(C)(C)CCC4(C)C)c1c(sc4cc5c(cc14)C1(C)CCC5(C)C1)B3c1cc3c(cc1N2c1ccc2c(c1-c1ccc(C(C)(C)C)cc1)C(C)(C)CCC2(C)C)C(C)(C)CCC3(C)C. The van der Waals surface area contributed by atoms with Gasteiger partial charge in [-0.25, -0.2) is 0 Å². The largest absolute Gasteiger partial charge is 0.311 e. The summed E-state index contributed by atoms with van der Waals surface area (Å²) in [5, 5.41) is 1.45. The first-order valence-electron chi connectivity index (χ1n) is 30.3. The van der Waals surface area contributed by atoms with Gasteiger partial charge in [-0.1, -0.05) is 160 Å². The third-order valence-corrected chi connectivity index (χ3v) is 23.8. The third kappa shape index (κ3) is 6.98. The van der Waals surface area contributed by atoms with Crippen molar-refractivity contribution in [3.8, 4) is 11.1 Å². The maximum atomic E-state index is 2.82. The van der Waals surface area contributed by atoms with Crippen LogP contribution in [0.2, 0.25) is 0 Å². The predicted octanol–water partition coefficient (Wildman–Crippen LogP) is 19.0. The van der Waals surface area contributed by atoms with Gasteiger partial charge in [0.05, 0.1) is 11.4 Å². The van der Waals surface area contributed by atoms with Crippen molar-refractivity contribution in [2.75, 3.05) is 9.80 Å². The first-order chi connectivity index (χ1) is 36.3. The van der Waals surface area contributed by atoms with Crippen LogP contribution in [0.3, 0.4) is 0 Å². The molecule has 2 nitrogen and oxygen atoms in total. The second-order valence-electron chi connectivity index (χ2n) is 32.0. The molecule has 0 N–H and O–H groups in total. The molecule has 1 saturated carbocycles. The lowest BCUT2D eigenvalue weighted by molar-refractivity contribution is 0.332. The minimum Gasteiger partial charge on any atom is -0.311 e. The number of aryl methyl sites for hydroxylation is 1. The molecule has 0 spiro atoms. The van der Waals surface area contributed by atoms with Crippen LogP contribution in [0.5, 0.6) is 0 Å². The maximum Gasteiger partial charge on any atom is 0.264 e. The van der Waals surface area contributed by atoms with E-state index < -0.39 is 0 Å². The van der Waals surface area contributed by atoms with Crippen LogP contribution < -0.4 is 25.5 Å². The zero-order valence-electron chi connectivity index (χ0n) is 50.9. The Morgan fingerprint density at radius 2 is 0.987 bits per heavy atom. The molecule has 2 bridgehead atoms. The predicted molar refractivity (Wildman–Crippen MR) is 339 cm³/mol. The summed E-state index contributed by atoms with van der Waals surface area (Å²) in [6.07, 6.45) is 10.9. The average molecular weight is 1050 g/mol. The number of hydrogen-bond acceptors (Lipinski definition) is 3. The molecule has 7 aromatic rings. The topological polar surface area (TPSA) is 6.48 Å². The number of nitrogens with zero attached hydrogens (tertiary/aromatic N) is 2. The van der Waals surface area contributed by atoms with E-state index in [4.69, 9.17) is 0 Å². The Labute approximate surface area is 473 Å². The van der Waals surface area contributed by atoms with Crippen LogP contribution in [0, 0.1) is 6.92 Å². The van der Waals surface area contributed by atoms with E-state index in [0.717, 1.165) is 6.42 Å². The van der Waals surface area contributed by atoms with Crippen LogP contribution in [0.15, 0.2) is 91.0 Å². The molecule has 1 aromatic heterocycles. The molecule has 1 fully saturated rings. The highest BCUT2D eigenvalue weighted by atomic mass is 32.1. The van der Waals surface area contributed by atoms with Crippen molar-refractivity contribution in [2.45, 2.75) is 231 Å². The fraction of sp³-hybridized carbons (Fsp3) is 0.486. The summed E-state index contributed by atoms with van der Waals surface area (Å²) in [4.78, 5) is 5.63. The summed E-state index contributed by atoms with van der Waals surface area (Å²) < 4.78 is 2.96. The smallest absolute Gasteiger partial charge is 0.264 e. The lowest BCUT2D eigenvalue weighted by Gasteiger charge is -2.48. The molecule has 0 saturated heterocycles. The highest BCUT2D eigenvalue weighted by Gasteiger charge is 2.55. The van der Waals surface area contributed by atoms with Crippen molar-refractivity contribution in [1.29, 1.82) is 0 Å². The van der Waals surface area contributed by atoms with Crippen molar-refractivity contribution in [3.63, 3.8) is 0 Å². The first-order valence-corrected chi connectivity index (χ1v) is 31.2. The standard InChI is InChI=1S/C74H87BN2S/c1-43-35-58-63-59(36-43)77(56-26-25-49-62(72(15,16)32-31-68(49,7)8)61(56)44-19-21-45(22-20-44)66(2,3)4)57-40-52-51(70(11,12)29-30-71(52,13)14)39-55(57)75(63)65-64(47-38-53-54(41-60(47)78-65)74(18)34-33-73(53,17)42-74)76(58)46-23-24-48-50(37-46)69(9,10)28-27-67(48,5)6/h19-26,35-41H,27-34,42H2,1-18H3. The highest BCUT2D eigenvalue weighted by molar-refractivity contribution is 7.33. The number of anilines is 6.